The van der Waals surface area contributed by atoms with Crippen LogP contribution in [-0.2, 0) is 16.6 Å². The Hall–Kier alpha value is -2.90. The first-order valence-electron chi connectivity index (χ1n) is 9.05. The predicted molar refractivity (Wildman–Crippen MR) is 116 cm³/mol. The molecule has 3 aromatic rings. The van der Waals surface area contributed by atoms with Gasteiger partial charge >= 0.3 is 0 Å². The fourth-order valence-electron chi connectivity index (χ4n) is 2.88. The van der Waals surface area contributed by atoms with Crippen LogP contribution >= 0.6 is 11.6 Å². The summed E-state index contributed by atoms with van der Waals surface area (Å²) in [5.74, 6) is -0.561. The maximum Gasteiger partial charge on any atom is 0.261 e. The summed E-state index contributed by atoms with van der Waals surface area (Å²) in [7, 11) is -2.13. The minimum absolute atomic E-state index is 0.0884. The average molecular weight is 447 g/mol. The Morgan fingerprint density at radius 3 is 2.27 bits per heavy atom. The van der Waals surface area contributed by atoms with Gasteiger partial charge in [-0.15, -0.1) is 0 Å². The molecule has 30 heavy (non-hydrogen) atoms. The molecule has 0 aromatic heterocycles. The van der Waals surface area contributed by atoms with E-state index in [0.29, 0.717) is 28.4 Å². The van der Waals surface area contributed by atoms with Gasteiger partial charge in [0, 0.05) is 24.2 Å². The van der Waals surface area contributed by atoms with Gasteiger partial charge in [0.2, 0.25) is 0 Å². The van der Waals surface area contributed by atoms with Crippen molar-refractivity contribution >= 4 is 33.2 Å². The lowest BCUT2D eigenvalue weighted by Crippen LogP contribution is -2.26. The Kier molecular flexibility index (Phi) is 6.43. The Labute approximate surface area is 180 Å². The van der Waals surface area contributed by atoms with Gasteiger partial charge in [-0.25, -0.2) is 12.8 Å². The molecule has 0 fully saturated rings. The molecule has 8 heteroatoms. The number of sulfonamides is 1. The quantitative estimate of drug-likeness (QED) is 0.588. The van der Waals surface area contributed by atoms with E-state index in [1.54, 1.807) is 44.3 Å². The summed E-state index contributed by atoms with van der Waals surface area (Å²) in [6, 6.07) is 16.5. The highest BCUT2D eigenvalue weighted by molar-refractivity contribution is 7.92. The molecule has 0 saturated heterocycles. The second-order valence-electron chi connectivity index (χ2n) is 6.88. The number of nitrogens with one attached hydrogen (secondary N) is 1. The van der Waals surface area contributed by atoms with Crippen LogP contribution in [0.3, 0.4) is 0 Å². The summed E-state index contributed by atoms with van der Waals surface area (Å²) in [4.78, 5) is 14.3. The van der Waals surface area contributed by atoms with Gasteiger partial charge < -0.3 is 4.90 Å². The van der Waals surface area contributed by atoms with Gasteiger partial charge in [-0.2, -0.15) is 0 Å². The molecule has 3 aromatic carbocycles. The molecular weight excluding hydrogens is 427 g/mol. The first-order valence-corrected chi connectivity index (χ1v) is 10.9. The van der Waals surface area contributed by atoms with E-state index >= 15 is 0 Å². The van der Waals surface area contributed by atoms with Gasteiger partial charge in [0.25, 0.3) is 15.9 Å². The number of aryl methyl sites for hydroxylation is 1. The Morgan fingerprint density at radius 1 is 1.03 bits per heavy atom. The molecule has 0 saturated carbocycles. The van der Waals surface area contributed by atoms with Crippen molar-refractivity contribution in [2.75, 3.05) is 11.8 Å². The normalized spacial score (nSPS) is 11.2. The highest BCUT2D eigenvalue weighted by Gasteiger charge is 2.17. The fraction of sp³-hybridized carbons (Fsp3) is 0.136. The topological polar surface area (TPSA) is 66.5 Å². The summed E-state index contributed by atoms with van der Waals surface area (Å²) in [6.07, 6.45) is 0. The molecular formula is C22H20ClFN2O3S. The monoisotopic (exact) mass is 446 g/mol. The molecule has 0 atom stereocenters. The van der Waals surface area contributed by atoms with E-state index < -0.39 is 10.0 Å². The second-order valence-corrected chi connectivity index (χ2v) is 9.00. The van der Waals surface area contributed by atoms with Gasteiger partial charge in [0.15, 0.2) is 0 Å². The summed E-state index contributed by atoms with van der Waals surface area (Å²) in [5, 5.41) is 0.442. The zero-order valence-corrected chi connectivity index (χ0v) is 18.0. The zero-order chi connectivity index (χ0) is 21.9. The van der Waals surface area contributed by atoms with Crippen molar-refractivity contribution in [1.82, 2.24) is 4.90 Å². The lowest BCUT2D eigenvalue weighted by atomic mass is 10.1. The summed E-state index contributed by atoms with van der Waals surface area (Å²) in [6.45, 7) is 2.04. The number of carbonyl (C=O) groups excluding carboxylic acids is 1. The Bertz CT molecular complexity index is 1160. The molecule has 0 aliphatic rings. The van der Waals surface area contributed by atoms with E-state index in [4.69, 9.17) is 11.6 Å². The fourth-order valence-corrected chi connectivity index (χ4v) is 4.14. The van der Waals surface area contributed by atoms with Gasteiger partial charge in [-0.05, 0) is 72.6 Å². The molecule has 0 bridgehead atoms. The minimum atomic E-state index is -3.78. The molecule has 1 N–H and O–H groups in total. The summed E-state index contributed by atoms with van der Waals surface area (Å²) >= 11 is 5.81. The molecule has 0 spiro atoms. The predicted octanol–water partition coefficient (Wildman–Crippen LogP) is 4.86. The number of amides is 1. The van der Waals surface area contributed by atoms with E-state index in [9.17, 15) is 17.6 Å². The molecule has 0 heterocycles. The number of nitrogens with zero attached hydrogens (tertiary/aromatic N) is 1. The molecule has 1 amide bonds. The molecule has 0 radical (unpaired) electrons. The number of anilines is 1. The molecule has 5 nitrogen and oxygen atoms in total. The highest BCUT2D eigenvalue weighted by Crippen LogP contribution is 2.23. The van der Waals surface area contributed by atoms with Crippen molar-refractivity contribution < 1.29 is 17.6 Å². The zero-order valence-electron chi connectivity index (χ0n) is 16.4. The van der Waals surface area contributed by atoms with Crippen molar-refractivity contribution in [3.05, 3.63) is 94.3 Å². The summed E-state index contributed by atoms with van der Waals surface area (Å²) < 4.78 is 40.7. The second kappa shape index (κ2) is 8.85. The van der Waals surface area contributed by atoms with Crippen LogP contribution in [-0.4, -0.2) is 26.3 Å². The van der Waals surface area contributed by atoms with Crippen molar-refractivity contribution in [3.63, 3.8) is 0 Å². The van der Waals surface area contributed by atoms with Crippen LogP contribution in [0.25, 0.3) is 0 Å². The maximum absolute atomic E-state index is 13.0. The first kappa shape index (κ1) is 21.8. The van der Waals surface area contributed by atoms with Crippen LogP contribution in [0.15, 0.2) is 71.6 Å². The van der Waals surface area contributed by atoms with Crippen LogP contribution in [0.2, 0.25) is 5.02 Å². The van der Waals surface area contributed by atoms with Crippen LogP contribution in [0.4, 0.5) is 10.1 Å². The third kappa shape index (κ3) is 5.17. The SMILES string of the molecule is Cc1cc(C(=O)N(C)Cc2ccc(F)cc2)ccc1NS(=O)(=O)c1ccc(Cl)cc1. The van der Waals surface area contributed by atoms with E-state index in [1.165, 1.54) is 41.3 Å². The molecule has 0 aliphatic carbocycles. The van der Waals surface area contributed by atoms with Crippen molar-refractivity contribution in [2.45, 2.75) is 18.4 Å². The molecule has 3 rings (SSSR count). The lowest BCUT2D eigenvalue weighted by Gasteiger charge is -2.18. The smallest absolute Gasteiger partial charge is 0.261 e. The van der Waals surface area contributed by atoms with Gasteiger partial charge in [0.05, 0.1) is 10.6 Å². The van der Waals surface area contributed by atoms with Crippen LogP contribution in [0.5, 0.6) is 0 Å². The molecule has 156 valence electrons. The number of rotatable bonds is 6. The van der Waals surface area contributed by atoms with E-state index in [0.717, 1.165) is 5.56 Å². The average Bonchev–Trinajstić information content (AvgIpc) is 2.71. The number of hydrogen-bond acceptors (Lipinski definition) is 3. The first-order chi connectivity index (χ1) is 14.2. The third-order valence-corrected chi connectivity index (χ3v) is 6.15. The van der Waals surface area contributed by atoms with E-state index in [1.807, 2.05) is 0 Å². The third-order valence-electron chi connectivity index (χ3n) is 4.52. The van der Waals surface area contributed by atoms with Crippen LogP contribution < -0.4 is 4.72 Å². The Balaban J connectivity index is 1.74. The largest absolute Gasteiger partial charge is 0.337 e. The lowest BCUT2D eigenvalue weighted by molar-refractivity contribution is 0.0785. The summed E-state index contributed by atoms with van der Waals surface area (Å²) in [5.41, 5.74) is 2.21. The highest BCUT2D eigenvalue weighted by atomic mass is 35.5. The number of hydrogen-bond donors (Lipinski definition) is 1. The number of carbonyl (C=O) groups is 1. The van der Waals surface area contributed by atoms with Gasteiger partial charge in [-0.3, -0.25) is 9.52 Å². The van der Waals surface area contributed by atoms with Crippen LogP contribution in [0.1, 0.15) is 21.5 Å². The van der Waals surface area contributed by atoms with E-state index in [2.05, 4.69) is 4.72 Å². The van der Waals surface area contributed by atoms with E-state index in [-0.39, 0.29) is 16.6 Å². The van der Waals surface area contributed by atoms with Crippen molar-refractivity contribution in [1.29, 1.82) is 0 Å². The van der Waals surface area contributed by atoms with Crippen molar-refractivity contribution in [3.8, 4) is 0 Å². The van der Waals surface area contributed by atoms with Crippen LogP contribution in [0, 0.1) is 12.7 Å². The number of benzene rings is 3. The number of halogens is 2. The maximum atomic E-state index is 13.0. The van der Waals surface area contributed by atoms with Gasteiger partial charge in [0.1, 0.15) is 5.82 Å². The molecule has 0 aliphatic heterocycles. The van der Waals surface area contributed by atoms with Gasteiger partial charge in [-0.1, -0.05) is 23.7 Å². The standard InChI is InChI=1S/C22H20ClFN2O3S/c1-15-13-17(22(27)26(2)14-16-3-8-19(24)9-4-16)5-12-21(15)25-30(28,29)20-10-6-18(23)7-11-20/h3-13,25H,14H2,1-2H3. The minimum Gasteiger partial charge on any atom is -0.337 e. The molecule has 0 unspecified atom stereocenters. The Morgan fingerprint density at radius 2 is 1.67 bits per heavy atom. The van der Waals surface area contributed by atoms with Crippen molar-refractivity contribution in [2.24, 2.45) is 0 Å².